The van der Waals surface area contributed by atoms with Crippen molar-refractivity contribution in [3.63, 3.8) is 0 Å². The summed E-state index contributed by atoms with van der Waals surface area (Å²) in [4.78, 5) is 22.6. The second-order valence-electron chi connectivity index (χ2n) is 6.60. The van der Waals surface area contributed by atoms with Crippen LogP contribution in [0.4, 0.5) is 30.7 Å². The zero-order valence-corrected chi connectivity index (χ0v) is 14.5. The number of hydrogen-bond acceptors (Lipinski definition) is 6. The van der Waals surface area contributed by atoms with Gasteiger partial charge in [-0.05, 0) is 12.8 Å². The maximum Gasteiger partial charge on any atom is 0.453 e. The van der Waals surface area contributed by atoms with Gasteiger partial charge in [0.05, 0.1) is 6.61 Å². The van der Waals surface area contributed by atoms with E-state index in [1.807, 2.05) is 0 Å². The molecule has 2 rings (SSSR count). The summed E-state index contributed by atoms with van der Waals surface area (Å²) >= 11 is 0. The van der Waals surface area contributed by atoms with Gasteiger partial charge in [-0.2, -0.15) is 30.7 Å². The van der Waals surface area contributed by atoms with Gasteiger partial charge in [-0.3, -0.25) is 4.79 Å². The zero-order valence-electron chi connectivity index (χ0n) is 14.5. The quantitative estimate of drug-likeness (QED) is 0.481. The van der Waals surface area contributed by atoms with Gasteiger partial charge in [-0.15, -0.1) is 0 Å². The Bertz CT molecular complexity index is 603. The molecule has 162 valence electrons. The second kappa shape index (κ2) is 7.65. The fourth-order valence-electron chi connectivity index (χ4n) is 2.78. The van der Waals surface area contributed by atoms with Crippen molar-refractivity contribution in [3.8, 4) is 0 Å². The lowest BCUT2D eigenvalue weighted by molar-refractivity contribution is -0.284. The van der Waals surface area contributed by atoms with Gasteiger partial charge < -0.3 is 18.9 Å². The van der Waals surface area contributed by atoms with Crippen LogP contribution in [0.1, 0.15) is 32.6 Å². The monoisotopic (exact) mass is 426 g/mol. The minimum Gasteiger partial charge on any atom is -0.463 e. The number of ether oxygens (including phenoxy) is 4. The van der Waals surface area contributed by atoms with Crippen LogP contribution < -0.4 is 0 Å². The highest BCUT2D eigenvalue weighted by Gasteiger charge is 2.59. The second-order valence-corrected chi connectivity index (χ2v) is 6.60. The maximum absolute atomic E-state index is 13.0. The molecule has 28 heavy (non-hydrogen) atoms. The summed E-state index contributed by atoms with van der Waals surface area (Å²) in [5.41, 5.74) is 0. The van der Waals surface area contributed by atoms with Crippen LogP contribution in [-0.2, 0) is 28.5 Å². The first-order valence-corrected chi connectivity index (χ1v) is 8.17. The Kier molecular flexibility index (Phi) is 6.19. The molecule has 1 heterocycles. The summed E-state index contributed by atoms with van der Waals surface area (Å²) in [7, 11) is 0. The van der Waals surface area contributed by atoms with Crippen LogP contribution in [-0.4, -0.2) is 61.2 Å². The van der Waals surface area contributed by atoms with Crippen LogP contribution in [0.2, 0.25) is 0 Å². The predicted molar refractivity (Wildman–Crippen MR) is 74.5 cm³/mol. The molecule has 0 radical (unpaired) electrons. The van der Waals surface area contributed by atoms with Crippen molar-refractivity contribution in [1.29, 1.82) is 0 Å². The number of esters is 2. The van der Waals surface area contributed by atoms with Crippen LogP contribution in [0, 0.1) is 0 Å². The molecule has 0 aromatic carbocycles. The minimum atomic E-state index is -5.90. The fraction of sp³-hybridized carbons (Fsp3) is 0.867. The molecule has 13 heteroatoms. The molecule has 1 aliphatic heterocycles. The average molecular weight is 426 g/mol. The molecule has 0 amide bonds. The van der Waals surface area contributed by atoms with Gasteiger partial charge >= 0.3 is 30.0 Å². The normalized spacial score (nSPS) is 28.6. The Morgan fingerprint density at radius 2 is 1.79 bits per heavy atom. The van der Waals surface area contributed by atoms with Crippen molar-refractivity contribution in [1.82, 2.24) is 0 Å². The van der Waals surface area contributed by atoms with Crippen LogP contribution in [0.5, 0.6) is 0 Å². The smallest absolute Gasteiger partial charge is 0.453 e. The first kappa shape index (κ1) is 22.7. The zero-order chi connectivity index (χ0) is 21.4. The lowest BCUT2D eigenvalue weighted by Crippen LogP contribution is -2.44. The Hall–Kier alpha value is -1.63. The van der Waals surface area contributed by atoms with Crippen molar-refractivity contribution in [3.05, 3.63) is 0 Å². The summed E-state index contributed by atoms with van der Waals surface area (Å²) in [5, 5.41) is 0. The van der Waals surface area contributed by atoms with Gasteiger partial charge in [0, 0.05) is 13.3 Å². The molecule has 0 aromatic rings. The van der Waals surface area contributed by atoms with Crippen molar-refractivity contribution in [2.24, 2.45) is 0 Å². The van der Waals surface area contributed by atoms with E-state index < -0.39 is 61.0 Å². The molecular formula is C15H17F7O6. The standard InChI is InChI=1S/C15H17F7O6/c1-12(16,17)11(24)27-9-3-2-4-13(9)26-7-8(28-13)6-25-10(23)5-14(18,19)15(20,21)22/h8-9H,2-7H2,1H3. The van der Waals surface area contributed by atoms with E-state index >= 15 is 0 Å². The first-order valence-electron chi connectivity index (χ1n) is 8.17. The average Bonchev–Trinajstić information content (AvgIpc) is 3.11. The highest BCUT2D eigenvalue weighted by atomic mass is 19.4. The molecule has 2 aliphatic rings. The topological polar surface area (TPSA) is 71.1 Å². The van der Waals surface area contributed by atoms with Crippen LogP contribution in [0.15, 0.2) is 0 Å². The first-order chi connectivity index (χ1) is 12.7. The van der Waals surface area contributed by atoms with Crippen molar-refractivity contribution in [2.75, 3.05) is 13.2 Å². The Labute approximate surface area is 154 Å². The van der Waals surface area contributed by atoms with Gasteiger partial charge in [-0.25, -0.2) is 4.79 Å². The molecule has 2 fully saturated rings. The third-order valence-electron chi connectivity index (χ3n) is 4.18. The van der Waals surface area contributed by atoms with Crippen molar-refractivity contribution < 1.29 is 59.3 Å². The molecule has 1 aliphatic carbocycles. The molecular weight excluding hydrogens is 409 g/mol. The van der Waals surface area contributed by atoms with E-state index in [1.54, 1.807) is 0 Å². The van der Waals surface area contributed by atoms with E-state index in [-0.39, 0.29) is 19.4 Å². The number of carbonyl (C=O) groups is 2. The summed E-state index contributed by atoms with van der Waals surface area (Å²) < 4.78 is 108. The van der Waals surface area contributed by atoms with E-state index in [2.05, 4.69) is 4.74 Å². The van der Waals surface area contributed by atoms with Gasteiger partial charge in [0.1, 0.15) is 19.1 Å². The molecule has 1 saturated carbocycles. The van der Waals surface area contributed by atoms with Crippen LogP contribution >= 0.6 is 0 Å². The number of halogens is 7. The van der Waals surface area contributed by atoms with Crippen LogP contribution in [0.25, 0.3) is 0 Å². The fourth-order valence-corrected chi connectivity index (χ4v) is 2.78. The van der Waals surface area contributed by atoms with Crippen molar-refractivity contribution >= 4 is 11.9 Å². The molecule has 3 atom stereocenters. The van der Waals surface area contributed by atoms with Gasteiger partial charge in [0.15, 0.2) is 6.10 Å². The number of rotatable bonds is 6. The lowest BCUT2D eigenvalue weighted by Gasteiger charge is -2.30. The lowest BCUT2D eigenvalue weighted by atomic mass is 10.2. The molecule has 0 aromatic heterocycles. The van der Waals surface area contributed by atoms with E-state index in [0.717, 1.165) is 0 Å². The van der Waals surface area contributed by atoms with Gasteiger partial charge in [-0.1, -0.05) is 0 Å². The van der Waals surface area contributed by atoms with E-state index in [9.17, 15) is 40.3 Å². The Morgan fingerprint density at radius 3 is 2.36 bits per heavy atom. The molecule has 6 nitrogen and oxygen atoms in total. The van der Waals surface area contributed by atoms with E-state index in [1.165, 1.54) is 0 Å². The van der Waals surface area contributed by atoms with E-state index in [0.29, 0.717) is 13.3 Å². The highest BCUT2D eigenvalue weighted by Crippen LogP contribution is 2.42. The predicted octanol–water partition coefficient (Wildman–Crippen LogP) is 2.98. The van der Waals surface area contributed by atoms with Crippen molar-refractivity contribution in [2.45, 2.75) is 68.6 Å². The third-order valence-corrected chi connectivity index (χ3v) is 4.18. The molecule has 0 N–H and O–H groups in total. The number of carbonyl (C=O) groups excluding carboxylic acids is 2. The van der Waals surface area contributed by atoms with Gasteiger partial charge in [0.25, 0.3) is 0 Å². The highest BCUT2D eigenvalue weighted by molar-refractivity contribution is 5.77. The van der Waals surface area contributed by atoms with Crippen LogP contribution in [0.3, 0.4) is 0 Å². The summed E-state index contributed by atoms with van der Waals surface area (Å²) in [6.45, 7) is -0.606. The molecule has 3 unspecified atom stereocenters. The summed E-state index contributed by atoms with van der Waals surface area (Å²) in [6, 6.07) is 0. The largest absolute Gasteiger partial charge is 0.463 e. The Morgan fingerprint density at radius 1 is 1.14 bits per heavy atom. The summed E-state index contributed by atoms with van der Waals surface area (Å²) in [5.74, 6) is -14.1. The molecule has 1 saturated heterocycles. The number of alkyl halides is 7. The maximum atomic E-state index is 13.0. The molecule has 0 bridgehead atoms. The minimum absolute atomic E-state index is 0.159. The summed E-state index contributed by atoms with van der Waals surface area (Å²) in [6.07, 6.45) is -9.58. The number of hydrogen-bond donors (Lipinski definition) is 0. The Balaban J connectivity index is 1.87. The van der Waals surface area contributed by atoms with Gasteiger partial charge in [0.2, 0.25) is 5.79 Å². The third kappa shape index (κ3) is 5.04. The van der Waals surface area contributed by atoms with E-state index in [4.69, 9.17) is 14.2 Å². The molecule has 1 spiro atoms. The SMILES string of the molecule is CC(F)(F)C(=O)OC1CCCC12OCC(COC(=O)CC(F)(F)C(F)(F)F)O2.